The van der Waals surface area contributed by atoms with E-state index >= 15 is 0 Å². The maximum Gasteiger partial charge on any atom is 0.276 e. The molecule has 0 radical (unpaired) electrons. The summed E-state index contributed by atoms with van der Waals surface area (Å²) in [5.41, 5.74) is 3.67. The second-order valence-corrected chi connectivity index (χ2v) is 7.34. The molecule has 0 saturated carbocycles. The Morgan fingerprint density at radius 3 is 2.61 bits per heavy atom. The van der Waals surface area contributed by atoms with E-state index in [9.17, 15) is 18.4 Å². The van der Waals surface area contributed by atoms with Crippen molar-refractivity contribution in [3.63, 3.8) is 0 Å². The average molecular weight is 422 g/mol. The summed E-state index contributed by atoms with van der Waals surface area (Å²) < 4.78 is 29.9. The van der Waals surface area contributed by atoms with E-state index in [0.717, 1.165) is 29.3 Å². The molecule has 1 N–H and O–H groups in total. The molecule has 4 rings (SSSR count). The van der Waals surface area contributed by atoms with E-state index in [4.69, 9.17) is 0 Å². The standard InChI is InChI=1S/C23H20F2N4O2/c1-14-3-4-16(11-15(14)2)20-13-21-23(31)28(9-10-29(21)27-20)8-7-26-22(30)18-12-17(24)5-6-19(18)25/h3-6,9-13H,7-8H2,1-2H3,(H,26,30). The van der Waals surface area contributed by atoms with Gasteiger partial charge in [-0.15, -0.1) is 0 Å². The topological polar surface area (TPSA) is 68.4 Å². The number of halogens is 2. The third-order valence-corrected chi connectivity index (χ3v) is 5.22. The molecule has 0 unspecified atom stereocenters. The van der Waals surface area contributed by atoms with Crippen LogP contribution in [0.5, 0.6) is 0 Å². The Morgan fingerprint density at radius 1 is 1.03 bits per heavy atom. The molecule has 0 saturated heterocycles. The van der Waals surface area contributed by atoms with Crippen molar-refractivity contribution in [3.05, 3.63) is 93.5 Å². The van der Waals surface area contributed by atoms with Crippen molar-refractivity contribution in [1.29, 1.82) is 0 Å². The highest BCUT2D eigenvalue weighted by atomic mass is 19.1. The summed E-state index contributed by atoms with van der Waals surface area (Å²) in [6.07, 6.45) is 3.23. The van der Waals surface area contributed by atoms with Crippen molar-refractivity contribution in [2.24, 2.45) is 0 Å². The van der Waals surface area contributed by atoms with Crippen LogP contribution in [0, 0.1) is 25.5 Å². The van der Waals surface area contributed by atoms with Crippen molar-refractivity contribution in [2.75, 3.05) is 6.54 Å². The largest absolute Gasteiger partial charge is 0.350 e. The van der Waals surface area contributed by atoms with Crippen LogP contribution in [-0.2, 0) is 6.54 Å². The van der Waals surface area contributed by atoms with E-state index in [1.807, 2.05) is 32.0 Å². The summed E-state index contributed by atoms with van der Waals surface area (Å²) in [7, 11) is 0. The Labute approximate surface area is 176 Å². The van der Waals surface area contributed by atoms with Gasteiger partial charge in [0.2, 0.25) is 0 Å². The number of aryl methyl sites for hydroxylation is 2. The molecular formula is C23H20F2N4O2. The molecule has 8 heteroatoms. The predicted octanol–water partition coefficient (Wildman–Crippen LogP) is 3.49. The number of fused-ring (bicyclic) bond motifs is 1. The lowest BCUT2D eigenvalue weighted by atomic mass is 10.0. The van der Waals surface area contributed by atoms with Gasteiger partial charge in [0.05, 0.1) is 11.3 Å². The van der Waals surface area contributed by atoms with Gasteiger partial charge in [0.1, 0.15) is 17.2 Å². The molecule has 31 heavy (non-hydrogen) atoms. The first kappa shape index (κ1) is 20.5. The Kier molecular flexibility index (Phi) is 5.37. The van der Waals surface area contributed by atoms with Gasteiger partial charge in [-0.05, 0) is 55.3 Å². The van der Waals surface area contributed by atoms with Gasteiger partial charge < -0.3 is 9.88 Å². The van der Waals surface area contributed by atoms with Gasteiger partial charge in [0.25, 0.3) is 11.5 Å². The molecule has 0 aliphatic rings. The normalized spacial score (nSPS) is 11.1. The quantitative estimate of drug-likeness (QED) is 0.535. The molecule has 2 aromatic heterocycles. The molecule has 2 heterocycles. The molecule has 0 atom stereocenters. The van der Waals surface area contributed by atoms with Crippen LogP contribution in [-0.4, -0.2) is 26.6 Å². The molecule has 0 bridgehead atoms. The summed E-state index contributed by atoms with van der Waals surface area (Å²) in [4.78, 5) is 24.9. The molecule has 0 aliphatic heterocycles. The molecule has 0 aliphatic carbocycles. The van der Waals surface area contributed by atoms with Gasteiger partial charge in [-0.25, -0.2) is 13.3 Å². The average Bonchev–Trinajstić information content (AvgIpc) is 3.18. The van der Waals surface area contributed by atoms with E-state index in [0.29, 0.717) is 11.2 Å². The maximum absolute atomic E-state index is 13.7. The third kappa shape index (κ3) is 4.09. The summed E-state index contributed by atoms with van der Waals surface area (Å²) >= 11 is 0. The molecule has 158 valence electrons. The molecule has 1 amide bonds. The highest BCUT2D eigenvalue weighted by Crippen LogP contribution is 2.21. The monoisotopic (exact) mass is 422 g/mol. The first-order chi connectivity index (χ1) is 14.8. The van der Waals surface area contributed by atoms with Gasteiger partial charge in [0, 0.05) is 31.0 Å². The number of hydrogen-bond acceptors (Lipinski definition) is 3. The highest BCUT2D eigenvalue weighted by molar-refractivity contribution is 5.94. The zero-order valence-electron chi connectivity index (χ0n) is 17.0. The Balaban J connectivity index is 1.51. The number of carbonyl (C=O) groups is 1. The Bertz CT molecular complexity index is 1360. The van der Waals surface area contributed by atoms with E-state index in [-0.39, 0.29) is 24.2 Å². The van der Waals surface area contributed by atoms with E-state index in [1.54, 1.807) is 18.5 Å². The number of nitrogens with one attached hydrogen (secondary N) is 1. The van der Waals surface area contributed by atoms with Crippen molar-refractivity contribution >= 4 is 11.4 Å². The molecule has 6 nitrogen and oxygen atoms in total. The fraction of sp³-hybridized carbons (Fsp3) is 0.174. The van der Waals surface area contributed by atoms with Crippen LogP contribution in [0.4, 0.5) is 8.78 Å². The van der Waals surface area contributed by atoms with Crippen molar-refractivity contribution in [2.45, 2.75) is 20.4 Å². The van der Waals surface area contributed by atoms with Gasteiger partial charge in [0.15, 0.2) is 0 Å². The lowest BCUT2D eigenvalue weighted by Crippen LogP contribution is -2.31. The fourth-order valence-electron chi connectivity index (χ4n) is 3.30. The number of nitrogens with zero attached hydrogens (tertiary/aromatic N) is 3. The van der Waals surface area contributed by atoms with Crippen molar-refractivity contribution < 1.29 is 13.6 Å². The minimum Gasteiger partial charge on any atom is -0.350 e. The number of benzene rings is 2. The number of aromatic nitrogens is 3. The maximum atomic E-state index is 13.7. The van der Waals surface area contributed by atoms with Crippen molar-refractivity contribution in [1.82, 2.24) is 19.5 Å². The lowest BCUT2D eigenvalue weighted by Gasteiger charge is -2.08. The molecule has 2 aromatic carbocycles. The van der Waals surface area contributed by atoms with Crippen LogP contribution in [0.3, 0.4) is 0 Å². The van der Waals surface area contributed by atoms with Gasteiger partial charge in [-0.3, -0.25) is 9.59 Å². The number of carbonyl (C=O) groups excluding carboxylic acids is 1. The predicted molar refractivity (Wildman–Crippen MR) is 113 cm³/mol. The SMILES string of the molecule is Cc1ccc(-c2cc3c(=O)n(CCNC(=O)c4cc(F)ccc4F)ccn3n2)cc1C. The summed E-state index contributed by atoms with van der Waals surface area (Å²) in [6, 6.07) is 10.4. The second-order valence-electron chi connectivity index (χ2n) is 7.34. The molecule has 0 spiro atoms. The van der Waals surface area contributed by atoms with Crippen LogP contribution >= 0.6 is 0 Å². The Hall–Kier alpha value is -3.81. The molecule has 4 aromatic rings. The molecular weight excluding hydrogens is 402 g/mol. The number of hydrogen-bond donors (Lipinski definition) is 1. The lowest BCUT2D eigenvalue weighted by molar-refractivity contribution is 0.0947. The number of rotatable bonds is 5. The Morgan fingerprint density at radius 2 is 1.84 bits per heavy atom. The summed E-state index contributed by atoms with van der Waals surface area (Å²) in [5.74, 6) is -2.25. The van der Waals surface area contributed by atoms with Crippen LogP contribution in [0.1, 0.15) is 21.5 Å². The first-order valence-electron chi connectivity index (χ1n) is 9.73. The van der Waals surface area contributed by atoms with E-state index < -0.39 is 17.5 Å². The van der Waals surface area contributed by atoms with Crippen molar-refractivity contribution in [3.8, 4) is 11.3 Å². The highest BCUT2D eigenvalue weighted by Gasteiger charge is 2.13. The minimum absolute atomic E-state index is 0.0724. The zero-order chi connectivity index (χ0) is 22.1. The smallest absolute Gasteiger partial charge is 0.276 e. The van der Waals surface area contributed by atoms with E-state index in [1.165, 1.54) is 14.6 Å². The minimum atomic E-state index is -0.810. The van der Waals surface area contributed by atoms with Gasteiger partial charge in [-0.2, -0.15) is 5.10 Å². The summed E-state index contributed by atoms with van der Waals surface area (Å²) in [5, 5.41) is 6.98. The van der Waals surface area contributed by atoms with Crippen LogP contribution in [0.15, 0.2) is 59.7 Å². The molecule has 0 fully saturated rings. The third-order valence-electron chi connectivity index (χ3n) is 5.22. The first-order valence-corrected chi connectivity index (χ1v) is 9.73. The number of amides is 1. The zero-order valence-corrected chi connectivity index (χ0v) is 17.0. The summed E-state index contributed by atoms with van der Waals surface area (Å²) in [6.45, 7) is 4.29. The second kappa shape index (κ2) is 8.14. The van der Waals surface area contributed by atoms with Crippen LogP contribution < -0.4 is 10.9 Å². The van der Waals surface area contributed by atoms with Crippen LogP contribution in [0.2, 0.25) is 0 Å². The van der Waals surface area contributed by atoms with Gasteiger partial charge in [-0.1, -0.05) is 12.1 Å². The van der Waals surface area contributed by atoms with Gasteiger partial charge >= 0.3 is 0 Å². The van der Waals surface area contributed by atoms with Crippen LogP contribution in [0.25, 0.3) is 16.8 Å². The van der Waals surface area contributed by atoms with E-state index in [2.05, 4.69) is 10.4 Å². The fourth-order valence-corrected chi connectivity index (χ4v) is 3.30.